The first kappa shape index (κ1) is 17.3. The van der Waals surface area contributed by atoms with Crippen molar-refractivity contribution in [2.45, 2.75) is 0 Å². The molecule has 1 amide bonds. The SMILES string of the molecule is O=C(NNc1ncnc(Cl)c1[N+](=O)[O-])c1ccc(Cl)c([N+](=O)[O-])c1. The van der Waals surface area contributed by atoms with Crippen molar-refractivity contribution in [1.29, 1.82) is 0 Å². The minimum atomic E-state index is -0.829. The van der Waals surface area contributed by atoms with Crippen LogP contribution in [0.2, 0.25) is 10.2 Å². The zero-order valence-electron chi connectivity index (χ0n) is 11.4. The van der Waals surface area contributed by atoms with Gasteiger partial charge in [-0.1, -0.05) is 23.2 Å². The van der Waals surface area contributed by atoms with Gasteiger partial charge in [0.15, 0.2) is 0 Å². The number of benzene rings is 1. The first-order valence-electron chi connectivity index (χ1n) is 5.96. The van der Waals surface area contributed by atoms with E-state index >= 15 is 0 Å². The molecule has 124 valence electrons. The second-order valence-corrected chi connectivity index (χ2v) is 4.89. The molecule has 2 N–H and O–H groups in total. The molecule has 0 saturated carbocycles. The van der Waals surface area contributed by atoms with E-state index in [-0.39, 0.29) is 16.4 Å². The van der Waals surface area contributed by atoms with E-state index in [2.05, 4.69) is 20.8 Å². The van der Waals surface area contributed by atoms with Crippen LogP contribution in [0.1, 0.15) is 10.4 Å². The fourth-order valence-electron chi connectivity index (χ4n) is 1.59. The summed E-state index contributed by atoms with van der Waals surface area (Å²) in [6.07, 6.45) is 0.955. The van der Waals surface area contributed by atoms with E-state index in [1.165, 1.54) is 12.1 Å². The van der Waals surface area contributed by atoms with Crippen molar-refractivity contribution in [3.05, 3.63) is 60.5 Å². The monoisotopic (exact) mass is 372 g/mol. The fourth-order valence-corrected chi connectivity index (χ4v) is 1.98. The molecule has 0 fully saturated rings. The highest BCUT2D eigenvalue weighted by Gasteiger charge is 2.22. The van der Waals surface area contributed by atoms with Crippen LogP contribution >= 0.6 is 23.2 Å². The van der Waals surface area contributed by atoms with E-state index < -0.39 is 32.3 Å². The van der Waals surface area contributed by atoms with Gasteiger partial charge in [-0.25, -0.2) is 9.97 Å². The third-order valence-corrected chi connectivity index (χ3v) is 3.26. The van der Waals surface area contributed by atoms with Crippen LogP contribution in [-0.4, -0.2) is 25.7 Å². The summed E-state index contributed by atoms with van der Waals surface area (Å²) >= 11 is 11.2. The molecule has 2 aromatic rings. The number of amides is 1. The fraction of sp³-hybridized carbons (Fsp3) is 0. The number of nitrogens with zero attached hydrogens (tertiary/aromatic N) is 4. The zero-order chi connectivity index (χ0) is 17.9. The van der Waals surface area contributed by atoms with Crippen LogP contribution in [0.5, 0.6) is 0 Å². The number of hydrazine groups is 1. The predicted octanol–water partition coefficient (Wildman–Crippen LogP) is 2.36. The van der Waals surface area contributed by atoms with Gasteiger partial charge in [-0.3, -0.25) is 35.9 Å². The molecule has 24 heavy (non-hydrogen) atoms. The van der Waals surface area contributed by atoms with E-state index in [1.54, 1.807) is 0 Å². The molecule has 1 aromatic carbocycles. The molecule has 1 aromatic heterocycles. The van der Waals surface area contributed by atoms with Gasteiger partial charge in [-0.15, -0.1) is 0 Å². The Labute approximate surface area is 142 Å². The number of carbonyl (C=O) groups excluding carboxylic acids is 1. The predicted molar refractivity (Wildman–Crippen MR) is 82.9 cm³/mol. The summed E-state index contributed by atoms with van der Waals surface area (Å²) in [6, 6.07) is 3.38. The highest BCUT2D eigenvalue weighted by molar-refractivity contribution is 6.32. The van der Waals surface area contributed by atoms with Gasteiger partial charge < -0.3 is 0 Å². The maximum Gasteiger partial charge on any atom is 0.350 e. The molecule has 1 heterocycles. The van der Waals surface area contributed by atoms with E-state index in [0.717, 1.165) is 12.4 Å². The molecular weight excluding hydrogens is 367 g/mol. The third kappa shape index (κ3) is 3.64. The van der Waals surface area contributed by atoms with Gasteiger partial charge in [0.05, 0.1) is 9.85 Å². The third-order valence-electron chi connectivity index (χ3n) is 2.66. The van der Waals surface area contributed by atoms with Crippen molar-refractivity contribution >= 4 is 46.3 Å². The minimum absolute atomic E-state index is 0.0959. The smallest absolute Gasteiger partial charge is 0.276 e. The molecule has 0 bridgehead atoms. The number of hydrogen-bond acceptors (Lipinski definition) is 8. The number of aromatic nitrogens is 2. The van der Waals surface area contributed by atoms with Gasteiger partial charge in [-0.05, 0) is 12.1 Å². The van der Waals surface area contributed by atoms with Crippen LogP contribution in [0, 0.1) is 20.2 Å². The molecule has 0 unspecified atom stereocenters. The molecule has 0 spiro atoms. The van der Waals surface area contributed by atoms with Crippen LogP contribution in [0.15, 0.2) is 24.5 Å². The zero-order valence-corrected chi connectivity index (χ0v) is 12.9. The van der Waals surface area contributed by atoms with Crippen LogP contribution in [0.3, 0.4) is 0 Å². The second kappa shape index (κ2) is 7.02. The van der Waals surface area contributed by atoms with Crippen LogP contribution < -0.4 is 10.9 Å². The molecule has 0 aliphatic heterocycles. The summed E-state index contributed by atoms with van der Waals surface area (Å²) < 4.78 is 0. The Bertz CT molecular complexity index is 846. The average Bonchev–Trinajstić information content (AvgIpc) is 2.52. The number of nitro groups is 2. The maximum absolute atomic E-state index is 12.0. The van der Waals surface area contributed by atoms with Crippen molar-refractivity contribution < 1.29 is 14.6 Å². The molecule has 0 atom stereocenters. The highest BCUT2D eigenvalue weighted by atomic mass is 35.5. The number of carbonyl (C=O) groups is 1. The number of anilines is 1. The van der Waals surface area contributed by atoms with Crippen LogP contribution in [0.25, 0.3) is 0 Å². The molecule has 2 rings (SSSR count). The summed E-state index contributed by atoms with van der Waals surface area (Å²) in [4.78, 5) is 39.2. The molecular formula is C11H6Cl2N6O5. The van der Waals surface area contributed by atoms with Crippen molar-refractivity contribution in [3.8, 4) is 0 Å². The summed E-state index contributed by atoms with van der Waals surface area (Å²) in [5.74, 6) is -1.16. The lowest BCUT2D eigenvalue weighted by atomic mass is 10.2. The van der Waals surface area contributed by atoms with Gasteiger partial charge in [-0.2, -0.15) is 0 Å². The average molecular weight is 373 g/mol. The first-order chi connectivity index (χ1) is 11.3. The summed E-state index contributed by atoms with van der Waals surface area (Å²) in [5.41, 5.74) is 3.14. The second-order valence-electron chi connectivity index (χ2n) is 4.12. The maximum atomic E-state index is 12.0. The van der Waals surface area contributed by atoms with Gasteiger partial charge in [0.1, 0.15) is 11.3 Å². The Morgan fingerprint density at radius 1 is 1.12 bits per heavy atom. The van der Waals surface area contributed by atoms with Gasteiger partial charge in [0, 0.05) is 11.6 Å². The van der Waals surface area contributed by atoms with Crippen LogP contribution in [-0.2, 0) is 0 Å². The molecule has 0 radical (unpaired) electrons. The van der Waals surface area contributed by atoms with Gasteiger partial charge in [0.25, 0.3) is 11.6 Å². The number of nitro benzene ring substituents is 1. The topological polar surface area (TPSA) is 153 Å². The standard InChI is InChI=1S/C11H6Cl2N6O5/c12-6-2-1-5(3-7(6)18(21)22)11(20)17-16-10-8(19(23)24)9(13)14-4-15-10/h1-4H,(H,17,20)(H,14,15,16). The molecule has 0 saturated heterocycles. The van der Waals surface area contributed by atoms with Crippen molar-refractivity contribution in [1.82, 2.24) is 15.4 Å². The first-order valence-corrected chi connectivity index (χ1v) is 6.72. The quantitative estimate of drug-likeness (QED) is 0.460. The largest absolute Gasteiger partial charge is 0.350 e. The summed E-state index contributed by atoms with van der Waals surface area (Å²) in [6.45, 7) is 0. The van der Waals surface area contributed by atoms with Crippen molar-refractivity contribution in [3.63, 3.8) is 0 Å². The van der Waals surface area contributed by atoms with Crippen LogP contribution in [0.4, 0.5) is 17.2 Å². The Morgan fingerprint density at radius 2 is 1.83 bits per heavy atom. The molecule has 11 nitrogen and oxygen atoms in total. The van der Waals surface area contributed by atoms with Crippen molar-refractivity contribution in [2.24, 2.45) is 0 Å². The Hall–Kier alpha value is -3.05. The lowest BCUT2D eigenvalue weighted by molar-refractivity contribution is -0.384. The number of nitrogens with one attached hydrogen (secondary N) is 2. The molecule has 0 aliphatic rings. The lowest BCUT2D eigenvalue weighted by Gasteiger charge is -2.08. The van der Waals surface area contributed by atoms with Gasteiger partial charge >= 0.3 is 5.69 Å². The Balaban J connectivity index is 2.21. The van der Waals surface area contributed by atoms with E-state index in [1.807, 2.05) is 0 Å². The number of rotatable bonds is 5. The number of halogens is 2. The normalized spacial score (nSPS) is 10.1. The highest BCUT2D eigenvalue weighted by Crippen LogP contribution is 2.28. The summed E-state index contributed by atoms with van der Waals surface area (Å²) in [5, 5.41) is 21.2. The lowest BCUT2D eigenvalue weighted by Crippen LogP contribution is -2.30. The van der Waals surface area contributed by atoms with E-state index in [4.69, 9.17) is 23.2 Å². The summed E-state index contributed by atoms with van der Waals surface area (Å²) in [7, 11) is 0. The Morgan fingerprint density at radius 3 is 2.46 bits per heavy atom. The molecule has 13 heteroatoms. The minimum Gasteiger partial charge on any atom is -0.276 e. The van der Waals surface area contributed by atoms with Crippen molar-refractivity contribution in [2.75, 3.05) is 5.43 Å². The number of hydrogen-bond donors (Lipinski definition) is 2. The van der Waals surface area contributed by atoms with E-state index in [0.29, 0.717) is 0 Å². The molecule has 0 aliphatic carbocycles. The van der Waals surface area contributed by atoms with E-state index in [9.17, 15) is 25.0 Å². The van der Waals surface area contributed by atoms with Gasteiger partial charge in [0.2, 0.25) is 11.0 Å². The Kier molecular flexibility index (Phi) is 5.06.